The van der Waals surface area contributed by atoms with Crippen LogP contribution in [0.2, 0.25) is 0 Å². The minimum absolute atomic E-state index is 0.909. The molecule has 9 aromatic rings. The molecule has 1 heterocycles. The molecule has 0 aliphatic heterocycles. The van der Waals surface area contributed by atoms with Crippen molar-refractivity contribution in [2.75, 3.05) is 4.90 Å². The lowest BCUT2D eigenvalue weighted by Gasteiger charge is -2.27. The van der Waals surface area contributed by atoms with Crippen LogP contribution in [0.5, 0.6) is 0 Å². The Balaban J connectivity index is 1.21. The summed E-state index contributed by atoms with van der Waals surface area (Å²) in [5.74, 6) is 0. The minimum Gasteiger partial charge on any atom is -0.455 e. The molecule has 8 aromatic carbocycles. The molecule has 0 bridgehead atoms. The van der Waals surface area contributed by atoms with Crippen LogP contribution in [0.1, 0.15) is 0 Å². The van der Waals surface area contributed by atoms with Gasteiger partial charge in [-0.05, 0) is 75.1 Å². The predicted octanol–water partition coefficient (Wildman–Crippen LogP) is 12.2. The molecule has 9 rings (SSSR count). The number of rotatable bonds is 4. The fourth-order valence-electron chi connectivity index (χ4n) is 6.81. The maximum atomic E-state index is 6.47. The zero-order valence-corrected chi connectivity index (χ0v) is 23.9. The molecule has 1 aromatic heterocycles. The summed E-state index contributed by atoms with van der Waals surface area (Å²) in [5, 5.41) is 9.63. The van der Waals surface area contributed by atoms with Crippen LogP contribution in [0.4, 0.5) is 17.1 Å². The maximum Gasteiger partial charge on any atom is 0.143 e. The second kappa shape index (κ2) is 9.86. The summed E-state index contributed by atoms with van der Waals surface area (Å²) >= 11 is 0. The van der Waals surface area contributed by atoms with Gasteiger partial charge in [-0.2, -0.15) is 0 Å². The third-order valence-corrected chi connectivity index (χ3v) is 8.84. The highest BCUT2D eigenvalue weighted by molar-refractivity contribution is 6.19. The van der Waals surface area contributed by atoms with E-state index in [1.807, 2.05) is 0 Å². The summed E-state index contributed by atoms with van der Waals surface area (Å²) in [6.45, 7) is 0. The number of benzene rings is 8. The van der Waals surface area contributed by atoms with Gasteiger partial charge >= 0.3 is 0 Å². The third-order valence-electron chi connectivity index (χ3n) is 8.84. The van der Waals surface area contributed by atoms with Crippen LogP contribution >= 0.6 is 0 Å². The van der Waals surface area contributed by atoms with Crippen LogP contribution in [0, 0.1) is 0 Å². The zero-order valence-electron chi connectivity index (χ0n) is 23.9. The van der Waals surface area contributed by atoms with E-state index >= 15 is 0 Å². The van der Waals surface area contributed by atoms with Crippen LogP contribution in [0.3, 0.4) is 0 Å². The molecule has 0 spiro atoms. The van der Waals surface area contributed by atoms with E-state index in [1.165, 1.54) is 32.5 Å². The van der Waals surface area contributed by atoms with Gasteiger partial charge in [0, 0.05) is 32.9 Å². The summed E-state index contributed by atoms with van der Waals surface area (Å²) in [6.07, 6.45) is 0. The Morgan fingerprint density at radius 3 is 1.84 bits per heavy atom. The monoisotopic (exact) mass is 561 g/mol. The van der Waals surface area contributed by atoms with E-state index in [4.69, 9.17) is 4.42 Å². The van der Waals surface area contributed by atoms with E-state index in [9.17, 15) is 0 Å². The Morgan fingerprint density at radius 2 is 1.02 bits per heavy atom. The van der Waals surface area contributed by atoms with Crippen molar-refractivity contribution in [3.8, 4) is 11.1 Å². The first-order valence-corrected chi connectivity index (χ1v) is 15.0. The summed E-state index contributed by atoms with van der Waals surface area (Å²) in [5.41, 5.74) is 7.57. The highest BCUT2D eigenvalue weighted by Crippen LogP contribution is 2.43. The van der Waals surface area contributed by atoms with Gasteiger partial charge in [-0.25, -0.2) is 0 Å². The average Bonchev–Trinajstić information content (AvgIpc) is 3.49. The van der Waals surface area contributed by atoms with Gasteiger partial charge in [-0.15, -0.1) is 0 Å². The molecule has 0 fully saturated rings. The van der Waals surface area contributed by atoms with Crippen LogP contribution in [0.15, 0.2) is 168 Å². The van der Waals surface area contributed by atoms with Gasteiger partial charge in [0.1, 0.15) is 11.2 Å². The molecular weight excluding hydrogens is 534 g/mol. The van der Waals surface area contributed by atoms with Crippen LogP contribution in [-0.4, -0.2) is 0 Å². The third kappa shape index (κ3) is 3.82. The molecule has 0 amide bonds. The fourth-order valence-corrected chi connectivity index (χ4v) is 6.81. The van der Waals surface area contributed by atoms with E-state index in [0.29, 0.717) is 0 Å². The lowest BCUT2D eigenvalue weighted by molar-refractivity contribution is 0.673. The number of nitrogens with zero attached hydrogens (tertiary/aromatic N) is 1. The zero-order chi connectivity index (χ0) is 29.0. The second-order valence-electron chi connectivity index (χ2n) is 11.3. The number of fused-ring (bicyclic) bond motifs is 8. The Hall–Kier alpha value is -5.86. The molecule has 0 unspecified atom stereocenters. The molecular formula is C42H27NO. The molecule has 0 atom stereocenters. The summed E-state index contributed by atoms with van der Waals surface area (Å²) in [6, 6.07) is 58.5. The molecule has 0 N–H and O–H groups in total. The van der Waals surface area contributed by atoms with E-state index < -0.39 is 0 Å². The Morgan fingerprint density at radius 1 is 0.386 bits per heavy atom. The fraction of sp³-hybridized carbons (Fsp3) is 0. The van der Waals surface area contributed by atoms with Crippen molar-refractivity contribution in [3.05, 3.63) is 164 Å². The number of para-hydroxylation sites is 1. The van der Waals surface area contributed by atoms with Gasteiger partial charge in [0.2, 0.25) is 0 Å². The first-order chi connectivity index (χ1) is 21.8. The highest BCUT2D eigenvalue weighted by Gasteiger charge is 2.18. The van der Waals surface area contributed by atoms with Gasteiger partial charge in [0.15, 0.2) is 0 Å². The number of anilines is 3. The lowest BCUT2D eigenvalue weighted by Crippen LogP contribution is -2.10. The smallest absolute Gasteiger partial charge is 0.143 e. The minimum atomic E-state index is 0.909. The Bertz CT molecular complexity index is 2490. The van der Waals surface area contributed by atoms with Gasteiger partial charge in [0.25, 0.3) is 0 Å². The van der Waals surface area contributed by atoms with Crippen LogP contribution in [0.25, 0.3) is 65.4 Å². The van der Waals surface area contributed by atoms with Gasteiger partial charge in [-0.1, -0.05) is 121 Å². The molecule has 0 aliphatic rings. The number of furan rings is 1. The van der Waals surface area contributed by atoms with Crippen LogP contribution in [-0.2, 0) is 0 Å². The van der Waals surface area contributed by atoms with Crippen molar-refractivity contribution >= 4 is 71.3 Å². The number of hydrogen-bond donors (Lipinski definition) is 0. The molecule has 0 saturated heterocycles. The summed E-state index contributed by atoms with van der Waals surface area (Å²) in [4.78, 5) is 2.36. The molecule has 206 valence electrons. The quantitative estimate of drug-likeness (QED) is 0.199. The maximum absolute atomic E-state index is 6.47. The molecule has 0 aliphatic carbocycles. The van der Waals surface area contributed by atoms with Gasteiger partial charge in [-0.3, -0.25) is 0 Å². The molecule has 44 heavy (non-hydrogen) atoms. The van der Waals surface area contributed by atoms with Crippen molar-refractivity contribution in [2.45, 2.75) is 0 Å². The Kier molecular flexibility index (Phi) is 5.54. The van der Waals surface area contributed by atoms with Crippen molar-refractivity contribution < 1.29 is 4.42 Å². The first kappa shape index (κ1) is 24.7. The van der Waals surface area contributed by atoms with Crippen LogP contribution < -0.4 is 4.90 Å². The molecule has 0 radical (unpaired) electrons. The lowest BCUT2D eigenvalue weighted by atomic mass is 9.97. The molecule has 2 nitrogen and oxygen atoms in total. The first-order valence-electron chi connectivity index (χ1n) is 15.0. The summed E-state index contributed by atoms with van der Waals surface area (Å²) < 4.78 is 6.47. The second-order valence-corrected chi connectivity index (χ2v) is 11.3. The topological polar surface area (TPSA) is 16.4 Å². The SMILES string of the molecule is c1ccc(N(c2ccc(-c3cccc4oc5c6ccccc6ccc5c34)cc2)c2cccc3c2ccc2ccccc23)cc1. The molecule has 2 heteroatoms. The van der Waals surface area contributed by atoms with E-state index in [2.05, 4.69) is 169 Å². The van der Waals surface area contributed by atoms with Gasteiger partial charge < -0.3 is 9.32 Å². The van der Waals surface area contributed by atoms with E-state index in [0.717, 1.165) is 50.0 Å². The van der Waals surface area contributed by atoms with Crippen molar-refractivity contribution in [1.82, 2.24) is 0 Å². The summed E-state index contributed by atoms with van der Waals surface area (Å²) in [7, 11) is 0. The van der Waals surface area contributed by atoms with Crippen molar-refractivity contribution in [1.29, 1.82) is 0 Å². The largest absolute Gasteiger partial charge is 0.455 e. The molecule has 0 saturated carbocycles. The number of hydrogen-bond acceptors (Lipinski definition) is 2. The highest BCUT2D eigenvalue weighted by atomic mass is 16.3. The normalized spacial score (nSPS) is 11.6. The van der Waals surface area contributed by atoms with Gasteiger partial charge in [0.05, 0.1) is 5.69 Å². The standard InChI is InChI=1S/C42H27NO/c1-2-12-31(13-3-1)43(39-18-8-17-36-33-14-6-4-10-28(33)22-26-37(36)39)32-24-20-30(21-25-32)34-16-9-19-40-41(34)38-27-23-29-11-5-7-15-35(29)42(38)44-40/h1-27H. The predicted molar refractivity (Wildman–Crippen MR) is 186 cm³/mol. The Labute approximate surface area is 255 Å². The average molecular weight is 562 g/mol. The van der Waals surface area contributed by atoms with Crippen molar-refractivity contribution in [2.24, 2.45) is 0 Å². The van der Waals surface area contributed by atoms with Crippen molar-refractivity contribution in [3.63, 3.8) is 0 Å². The van der Waals surface area contributed by atoms with E-state index in [-0.39, 0.29) is 0 Å². The van der Waals surface area contributed by atoms with E-state index in [1.54, 1.807) is 0 Å².